The van der Waals surface area contributed by atoms with Crippen molar-refractivity contribution in [2.24, 2.45) is 0 Å². The summed E-state index contributed by atoms with van der Waals surface area (Å²) < 4.78 is 10.4. The maximum Gasteiger partial charge on any atom is 0.196 e. The second-order valence-electron chi connectivity index (χ2n) is 9.95. The third-order valence-electron chi connectivity index (χ3n) is 7.19. The summed E-state index contributed by atoms with van der Waals surface area (Å²) >= 11 is 0. The van der Waals surface area contributed by atoms with Gasteiger partial charge in [-0.1, -0.05) is 146 Å². The quantitative estimate of drug-likeness (QED) is 0.170. The molecular formula is C40H32O4. The van der Waals surface area contributed by atoms with Crippen LogP contribution in [0.2, 0.25) is 0 Å². The third-order valence-corrected chi connectivity index (χ3v) is 7.19. The fraction of sp³-hybridized carbons (Fsp3) is 0.0500. The molecule has 44 heavy (non-hydrogen) atoms. The molecule has 0 spiro atoms. The first-order valence-corrected chi connectivity index (χ1v) is 14.3. The Balaban J connectivity index is 0.000000187. The molecule has 0 aliphatic rings. The smallest absolute Gasteiger partial charge is 0.196 e. The minimum Gasteiger partial charge on any atom is -0.493 e. The fourth-order valence-electron chi connectivity index (χ4n) is 4.87. The molecule has 6 aromatic carbocycles. The number of ketones is 2. The zero-order valence-corrected chi connectivity index (χ0v) is 24.6. The van der Waals surface area contributed by atoms with Gasteiger partial charge in [-0.3, -0.25) is 9.59 Å². The molecule has 0 radical (unpaired) electrons. The number of benzene rings is 6. The molecule has 0 atom stereocenters. The monoisotopic (exact) mass is 576 g/mol. The van der Waals surface area contributed by atoms with Crippen molar-refractivity contribution >= 4 is 11.6 Å². The topological polar surface area (TPSA) is 52.6 Å². The summed E-state index contributed by atoms with van der Waals surface area (Å²) in [5.41, 5.74) is 7.07. The predicted octanol–water partition coefficient (Wildman–Crippen LogP) is 9.19. The van der Waals surface area contributed by atoms with Crippen LogP contribution in [0.25, 0.3) is 22.3 Å². The molecule has 0 heterocycles. The largest absolute Gasteiger partial charge is 0.493 e. The Labute approximate surface area is 258 Å². The highest BCUT2D eigenvalue weighted by atomic mass is 16.5. The highest BCUT2D eigenvalue weighted by Gasteiger charge is 2.17. The average molecular weight is 577 g/mol. The van der Waals surface area contributed by atoms with Crippen LogP contribution in [0.15, 0.2) is 158 Å². The van der Waals surface area contributed by atoms with E-state index in [-0.39, 0.29) is 11.6 Å². The van der Waals surface area contributed by atoms with Crippen LogP contribution < -0.4 is 9.47 Å². The van der Waals surface area contributed by atoms with E-state index in [0.29, 0.717) is 33.8 Å². The van der Waals surface area contributed by atoms with Gasteiger partial charge in [0.25, 0.3) is 0 Å². The van der Waals surface area contributed by atoms with Gasteiger partial charge >= 0.3 is 0 Å². The molecule has 0 amide bonds. The molecule has 0 fully saturated rings. The Bertz CT molecular complexity index is 1730. The second kappa shape index (κ2) is 14.4. The molecule has 6 aromatic rings. The lowest BCUT2D eigenvalue weighted by atomic mass is 9.97. The predicted molar refractivity (Wildman–Crippen MR) is 177 cm³/mol. The van der Waals surface area contributed by atoms with Gasteiger partial charge in [-0.15, -0.1) is 0 Å². The van der Waals surface area contributed by atoms with Crippen molar-refractivity contribution in [3.8, 4) is 33.8 Å². The zero-order chi connectivity index (χ0) is 30.7. The van der Waals surface area contributed by atoms with Gasteiger partial charge in [-0.2, -0.15) is 0 Å². The first-order valence-electron chi connectivity index (χ1n) is 14.3. The summed E-state index contributed by atoms with van der Waals surface area (Å²) in [6, 6.07) is 50.3. The van der Waals surface area contributed by atoms with Crippen molar-refractivity contribution in [3.05, 3.63) is 180 Å². The van der Waals surface area contributed by atoms with Crippen molar-refractivity contribution in [2.75, 3.05) is 14.2 Å². The number of carbonyl (C=O) groups excluding carboxylic acids is 2. The molecule has 0 saturated carbocycles. The minimum atomic E-state index is -0.0775. The van der Waals surface area contributed by atoms with E-state index in [4.69, 9.17) is 9.47 Å². The molecule has 0 saturated heterocycles. The van der Waals surface area contributed by atoms with Gasteiger partial charge in [0.05, 0.1) is 19.8 Å². The van der Waals surface area contributed by atoms with Gasteiger partial charge in [0, 0.05) is 16.7 Å². The van der Waals surface area contributed by atoms with Gasteiger partial charge in [0.1, 0.15) is 0 Å². The number of hydrogen-bond acceptors (Lipinski definition) is 4. The van der Waals surface area contributed by atoms with Crippen LogP contribution >= 0.6 is 0 Å². The van der Waals surface area contributed by atoms with E-state index in [0.717, 1.165) is 22.3 Å². The SMILES string of the molecule is COc1cccc(C(=O)c2ccccc2)c1OC.O=C(c1ccc(-c2ccccc2)cc1)c1ccc(-c2ccccc2)cc1. The Morgan fingerprint density at radius 1 is 0.386 bits per heavy atom. The molecule has 216 valence electrons. The number of para-hydroxylation sites is 1. The lowest BCUT2D eigenvalue weighted by molar-refractivity contribution is 0.102. The van der Waals surface area contributed by atoms with E-state index in [2.05, 4.69) is 24.3 Å². The van der Waals surface area contributed by atoms with Crippen molar-refractivity contribution in [1.82, 2.24) is 0 Å². The molecule has 0 bridgehead atoms. The fourth-order valence-corrected chi connectivity index (χ4v) is 4.87. The molecular weight excluding hydrogens is 544 g/mol. The maximum atomic E-state index is 12.7. The Morgan fingerprint density at radius 2 is 0.795 bits per heavy atom. The van der Waals surface area contributed by atoms with Crippen LogP contribution in [0, 0.1) is 0 Å². The first-order chi connectivity index (χ1) is 21.6. The Morgan fingerprint density at radius 3 is 1.23 bits per heavy atom. The Hall–Kier alpha value is -5.74. The number of rotatable bonds is 8. The van der Waals surface area contributed by atoms with E-state index >= 15 is 0 Å². The van der Waals surface area contributed by atoms with E-state index in [1.54, 1.807) is 37.4 Å². The minimum absolute atomic E-state index is 0.0456. The maximum absolute atomic E-state index is 12.7. The summed E-state index contributed by atoms with van der Waals surface area (Å²) in [4.78, 5) is 25.1. The van der Waals surface area contributed by atoms with Gasteiger partial charge in [-0.25, -0.2) is 0 Å². The lowest BCUT2D eigenvalue weighted by Crippen LogP contribution is -2.04. The highest BCUT2D eigenvalue weighted by Crippen LogP contribution is 2.32. The van der Waals surface area contributed by atoms with Crippen molar-refractivity contribution < 1.29 is 19.1 Å². The Kier molecular flexibility index (Phi) is 9.76. The standard InChI is InChI=1S/C25H18O.C15H14O3/c26-25(23-15-11-21(12-16-23)19-7-3-1-4-8-19)24-17-13-22(14-18-24)20-9-5-2-6-10-20;1-17-13-10-6-9-12(15(13)18-2)14(16)11-7-4-3-5-8-11/h1-18H;3-10H,1-2H3. The molecule has 4 nitrogen and oxygen atoms in total. The van der Waals surface area contributed by atoms with E-state index < -0.39 is 0 Å². The van der Waals surface area contributed by atoms with Gasteiger partial charge < -0.3 is 9.47 Å². The molecule has 0 N–H and O–H groups in total. The summed E-state index contributed by atoms with van der Waals surface area (Å²) in [5, 5.41) is 0. The summed E-state index contributed by atoms with van der Waals surface area (Å²) in [6.07, 6.45) is 0. The van der Waals surface area contributed by atoms with Gasteiger partial charge in [-0.05, 0) is 34.4 Å². The number of carbonyl (C=O) groups is 2. The average Bonchev–Trinajstić information content (AvgIpc) is 3.12. The van der Waals surface area contributed by atoms with Crippen molar-refractivity contribution in [2.45, 2.75) is 0 Å². The second-order valence-corrected chi connectivity index (χ2v) is 9.95. The van der Waals surface area contributed by atoms with Crippen LogP contribution in [0.3, 0.4) is 0 Å². The van der Waals surface area contributed by atoms with Crippen molar-refractivity contribution in [3.63, 3.8) is 0 Å². The summed E-state index contributed by atoms with van der Waals surface area (Å²) in [7, 11) is 3.08. The zero-order valence-electron chi connectivity index (χ0n) is 24.6. The van der Waals surface area contributed by atoms with Gasteiger partial charge in [0.15, 0.2) is 23.1 Å². The molecule has 4 heteroatoms. The lowest BCUT2D eigenvalue weighted by Gasteiger charge is -2.11. The molecule has 0 unspecified atom stereocenters. The number of hydrogen-bond donors (Lipinski definition) is 0. The van der Waals surface area contributed by atoms with Gasteiger partial charge in [0.2, 0.25) is 0 Å². The van der Waals surface area contributed by atoms with Crippen molar-refractivity contribution in [1.29, 1.82) is 0 Å². The molecule has 0 aliphatic carbocycles. The summed E-state index contributed by atoms with van der Waals surface area (Å²) in [5.74, 6) is 0.990. The first kappa shape index (κ1) is 29.7. The number of ether oxygens (including phenoxy) is 2. The molecule has 6 rings (SSSR count). The normalized spacial score (nSPS) is 10.2. The van der Waals surface area contributed by atoms with Crippen LogP contribution in [0.5, 0.6) is 11.5 Å². The molecule has 0 aromatic heterocycles. The van der Waals surface area contributed by atoms with Crippen LogP contribution in [-0.4, -0.2) is 25.8 Å². The van der Waals surface area contributed by atoms with Crippen LogP contribution in [-0.2, 0) is 0 Å². The van der Waals surface area contributed by atoms with E-state index in [9.17, 15) is 9.59 Å². The van der Waals surface area contributed by atoms with E-state index in [1.165, 1.54) is 7.11 Å². The highest BCUT2D eigenvalue weighted by molar-refractivity contribution is 6.11. The third kappa shape index (κ3) is 7.00. The van der Waals surface area contributed by atoms with Crippen LogP contribution in [0.1, 0.15) is 31.8 Å². The number of methoxy groups -OCH3 is 2. The molecule has 0 aliphatic heterocycles. The summed E-state index contributed by atoms with van der Waals surface area (Å²) in [6.45, 7) is 0. The van der Waals surface area contributed by atoms with Crippen LogP contribution in [0.4, 0.5) is 0 Å². The van der Waals surface area contributed by atoms with E-state index in [1.807, 2.05) is 103 Å².